The molecule has 3 N–H and O–H groups in total. The van der Waals surface area contributed by atoms with E-state index in [2.05, 4.69) is 28.8 Å². The molecule has 0 aliphatic carbocycles. The lowest BCUT2D eigenvalue weighted by atomic mass is 10.0. The van der Waals surface area contributed by atoms with Gasteiger partial charge in [-0.05, 0) is 33.2 Å². The van der Waals surface area contributed by atoms with Crippen molar-refractivity contribution in [3.63, 3.8) is 0 Å². The van der Waals surface area contributed by atoms with E-state index in [1.165, 1.54) is 19.4 Å². The van der Waals surface area contributed by atoms with Crippen LogP contribution in [0.2, 0.25) is 0 Å². The molecule has 0 saturated carbocycles. The second-order valence-electron chi connectivity index (χ2n) is 5.48. The van der Waals surface area contributed by atoms with Gasteiger partial charge < -0.3 is 10.9 Å². The first-order valence-corrected chi connectivity index (χ1v) is 6.58. The SMILES string of the molecule is CC(CC(N)=NO)N1CC2CCCN2CC1C. The fourth-order valence-corrected chi connectivity index (χ4v) is 3.28. The average Bonchev–Trinajstić information content (AvgIpc) is 2.74. The molecule has 17 heavy (non-hydrogen) atoms. The molecule has 5 heteroatoms. The highest BCUT2D eigenvalue weighted by Gasteiger charge is 2.36. The van der Waals surface area contributed by atoms with E-state index in [9.17, 15) is 0 Å². The van der Waals surface area contributed by atoms with Gasteiger partial charge in [-0.2, -0.15) is 0 Å². The van der Waals surface area contributed by atoms with E-state index >= 15 is 0 Å². The highest BCUT2D eigenvalue weighted by Crippen LogP contribution is 2.26. The second kappa shape index (κ2) is 5.23. The first kappa shape index (κ1) is 12.6. The van der Waals surface area contributed by atoms with E-state index in [0.717, 1.165) is 19.1 Å². The number of nitrogens with zero attached hydrogens (tertiary/aromatic N) is 3. The van der Waals surface area contributed by atoms with Crippen LogP contribution in [0.1, 0.15) is 33.1 Å². The lowest BCUT2D eigenvalue weighted by Crippen LogP contribution is -2.57. The molecule has 0 bridgehead atoms. The maximum absolute atomic E-state index is 8.63. The quantitative estimate of drug-likeness (QED) is 0.329. The van der Waals surface area contributed by atoms with Crippen molar-refractivity contribution in [3.8, 4) is 0 Å². The number of hydrogen-bond acceptors (Lipinski definition) is 4. The highest BCUT2D eigenvalue weighted by molar-refractivity contribution is 5.80. The van der Waals surface area contributed by atoms with Crippen LogP contribution in [0.5, 0.6) is 0 Å². The van der Waals surface area contributed by atoms with Crippen molar-refractivity contribution in [2.75, 3.05) is 19.6 Å². The molecule has 0 aromatic rings. The number of oxime groups is 1. The van der Waals surface area contributed by atoms with Crippen LogP contribution in [0.25, 0.3) is 0 Å². The Morgan fingerprint density at radius 1 is 1.53 bits per heavy atom. The van der Waals surface area contributed by atoms with Crippen LogP contribution in [0.3, 0.4) is 0 Å². The van der Waals surface area contributed by atoms with E-state index in [1.807, 2.05) is 0 Å². The van der Waals surface area contributed by atoms with Gasteiger partial charge in [0.2, 0.25) is 0 Å². The van der Waals surface area contributed by atoms with E-state index in [4.69, 9.17) is 10.9 Å². The molecule has 0 radical (unpaired) electrons. The summed E-state index contributed by atoms with van der Waals surface area (Å²) in [5.74, 6) is 0.332. The largest absolute Gasteiger partial charge is 0.409 e. The summed E-state index contributed by atoms with van der Waals surface area (Å²) >= 11 is 0. The lowest BCUT2D eigenvalue weighted by Gasteiger charge is -2.45. The van der Waals surface area contributed by atoms with Crippen LogP contribution in [-0.2, 0) is 0 Å². The molecule has 2 heterocycles. The normalized spacial score (nSPS) is 33.6. The summed E-state index contributed by atoms with van der Waals surface area (Å²) in [6, 6.07) is 1.63. The summed E-state index contributed by atoms with van der Waals surface area (Å²) < 4.78 is 0. The molecular weight excluding hydrogens is 216 g/mol. The van der Waals surface area contributed by atoms with Gasteiger partial charge in [-0.3, -0.25) is 9.80 Å². The number of fused-ring (bicyclic) bond motifs is 1. The van der Waals surface area contributed by atoms with Gasteiger partial charge in [-0.25, -0.2) is 0 Å². The maximum atomic E-state index is 8.63. The molecule has 2 rings (SSSR count). The van der Waals surface area contributed by atoms with Gasteiger partial charge in [0.25, 0.3) is 0 Å². The predicted octanol–water partition coefficient (Wildman–Crippen LogP) is 0.680. The van der Waals surface area contributed by atoms with Crippen LogP contribution in [0.4, 0.5) is 0 Å². The Balaban J connectivity index is 1.95. The predicted molar refractivity (Wildman–Crippen MR) is 68.3 cm³/mol. The van der Waals surface area contributed by atoms with Crippen LogP contribution < -0.4 is 5.73 Å². The smallest absolute Gasteiger partial charge is 0.140 e. The summed E-state index contributed by atoms with van der Waals surface area (Å²) in [7, 11) is 0. The maximum Gasteiger partial charge on any atom is 0.140 e. The molecule has 0 spiro atoms. The molecule has 0 amide bonds. The van der Waals surface area contributed by atoms with Gasteiger partial charge in [-0.15, -0.1) is 0 Å². The highest BCUT2D eigenvalue weighted by atomic mass is 16.4. The number of rotatable bonds is 3. The summed E-state index contributed by atoms with van der Waals surface area (Å²) in [6.07, 6.45) is 3.30. The van der Waals surface area contributed by atoms with Crippen molar-refractivity contribution in [3.05, 3.63) is 0 Å². The van der Waals surface area contributed by atoms with Crippen LogP contribution in [-0.4, -0.2) is 58.6 Å². The minimum atomic E-state index is 0.332. The fraction of sp³-hybridized carbons (Fsp3) is 0.917. The molecular formula is C12H24N4O. The Morgan fingerprint density at radius 2 is 2.29 bits per heavy atom. The minimum absolute atomic E-state index is 0.332. The van der Waals surface area contributed by atoms with Crippen LogP contribution in [0.15, 0.2) is 5.16 Å². The van der Waals surface area contributed by atoms with Gasteiger partial charge in [0.1, 0.15) is 5.84 Å². The zero-order valence-corrected chi connectivity index (χ0v) is 10.8. The zero-order valence-electron chi connectivity index (χ0n) is 10.8. The van der Waals surface area contributed by atoms with E-state index in [1.54, 1.807) is 0 Å². The van der Waals surface area contributed by atoms with Crippen molar-refractivity contribution in [2.45, 2.75) is 51.2 Å². The van der Waals surface area contributed by atoms with Gasteiger partial charge in [-0.1, -0.05) is 5.16 Å². The van der Waals surface area contributed by atoms with Gasteiger partial charge in [0, 0.05) is 37.6 Å². The summed E-state index contributed by atoms with van der Waals surface area (Å²) in [5.41, 5.74) is 5.60. The van der Waals surface area contributed by atoms with Gasteiger partial charge in [0.15, 0.2) is 0 Å². The Bertz CT molecular complexity index is 294. The lowest BCUT2D eigenvalue weighted by molar-refractivity contribution is 0.0348. The molecule has 2 aliphatic heterocycles. The van der Waals surface area contributed by atoms with E-state index in [-0.39, 0.29) is 0 Å². The fourth-order valence-electron chi connectivity index (χ4n) is 3.28. The van der Waals surface area contributed by atoms with Crippen molar-refractivity contribution < 1.29 is 5.21 Å². The molecule has 3 atom stereocenters. The van der Waals surface area contributed by atoms with Crippen LogP contribution >= 0.6 is 0 Å². The van der Waals surface area contributed by atoms with Crippen molar-refractivity contribution in [2.24, 2.45) is 10.9 Å². The molecule has 0 aromatic carbocycles. The molecule has 0 aromatic heterocycles. The van der Waals surface area contributed by atoms with E-state index in [0.29, 0.717) is 24.3 Å². The Labute approximate surface area is 103 Å². The molecule has 2 fully saturated rings. The van der Waals surface area contributed by atoms with E-state index < -0.39 is 0 Å². The molecule has 2 aliphatic rings. The standard InChI is InChI=1S/C12H24N4O/c1-9(6-12(13)14-17)16-8-11-4-3-5-15(11)7-10(16)2/h9-11,17H,3-8H2,1-2H3,(H2,13,14). The molecule has 3 unspecified atom stereocenters. The zero-order chi connectivity index (χ0) is 12.4. The summed E-state index contributed by atoms with van der Waals surface area (Å²) in [6.45, 7) is 7.99. The molecule has 2 saturated heterocycles. The first-order valence-electron chi connectivity index (χ1n) is 6.58. The van der Waals surface area contributed by atoms with Crippen molar-refractivity contribution >= 4 is 5.84 Å². The van der Waals surface area contributed by atoms with Gasteiger partial charge in [0.05, 0.1) is 0 Å². The minimum Gasteiger partial charge on any atom is -0.409 e. The number of amidine groups is 1. The van der Waals surface area contributed by atoms with Crippen LogP contribution in [0, 0.1) is 0 Å². The number of nitrogens with two attached hydrogens (primary N) is 1. The Hall–Kier alpha value is -0.810. The first-order chi connectivity index (χ1) is 8.11. The third-order valence-corrected chi connectivity index (χ3v) is 4.18. The molecule has 5 nitrogen and oxygen atoms in total. The monoisotopic (exact) mass is 240 g/mol. The third kappa shape index (κ3) is 2.72. The van der Waals surface area contributed by atoms with Gasteiger partial charge >= 0.3 is 0 Å². The number of hydrogen-bond donors (Lipinski definition) is 2. The third-order valence-electron chi connectivity index (χ3n) is 4.18. The molecule has 98 valence electrons. The topological polar surface area (TPSA) is 65.1 Å². The van der Waals surface area contributed by atoms with Crippen molar-refractivity contribution in [1.29, 1.82) is 0 Å². The average molecular weight is 240 g/mol. The Kier molecular flexibility index (Phi) is 3.89. The van der Waals surface area contributed by atoms with Crippen molar-refractivity contribution in [1.82, 2.24) is 9.80 Å². The second-order valence-corrected chi connectivity index (χ2v) is 5.48. The summed E-state index contributed by atoms with van der Waals surface area (Å²) in [5, 5.41) is 11.7. The number of piperazine rings is 1. The summed E-state index contributed by atoms with van der Waals surface area (Å²) in [4.78, 5) is 5.11. The Morgan fingerprint density at radius 3 is 3.00 bits per heavy atom.